The lowest BCUT2D eigenvalue weighted by molar-refractivity contribution is -0.133. The van der Waals surface area contributed by atoms with E-state index >= 15 is 0 Å². The molecule has 0 bridgehead atoms. The molecule has 0 unspecified atom stereocenters. The third-order valence-corrected chi connectivity index (χ3v) is 7.02. The van der Waals surface area contributed by atoms with Gasteiger partial charge < -0.3 is 15.4 Å². The van der Waals surface area contributed by atoms with Crippen molar-refractivity contribution in [2.75, 3.05) is 42.7 Å². The third-order valence-electron chi connectivity index (χ3n) is 5.72. The number of nitrogens with one attached hydrogen (secondary N) is 2. The largest absolute Gasteiger partial charge is 0.472 e. The first-order valence-corrected chi connectivity index (χ1v) is 11.8. The fraction of sp³-hybridized carbons (Fsp3) is 0.722. The quantitative estimate of drug-likeness (QED) is 0.703. The summed E-state index contributed by atoms with van der Waals surface area (Å²) in [6.07, 6.45) is 5.05. The number of sulfonamides is 1. The summed E-state index contributed by atoms with van der Waals surface area (Å²) in [7, 11) is -3.16. The normalized spacial score (nSPS) is 25.6. The minimum atomic E-state index is -3.16. The first-order chi connectivity index (χ1) is 13.6. The van der Waals surface area contributed by atoms with Crippen molar-refractivity contribution in [2.24, 2.45) is 0 Å². The van der Waals surface area contributed by atoms with Crippen LogP contribution < -0.4 is 20.3 Å². The number of anilines is 2. The number of rotatable bonds is 4. The van der Waals surface area contributed by atoms with E-state index in [0.717, 1.165) is 19.5 Å². The van der Waals surface area contributed by atoms with Crippen LogP contribution in [-0.4, -0.2) is 78.7 Å². The SMILES string of the molecule is CC1(C)Oc2cnc(NC3CCN(S(C)(=O)=O)CC3)nc2N([C@H]2CCNC2)C1=O. The van der Waals surface area contributed by atoms with Gasteiger partial charge in [-0.05, 0) is 39.7 Å². The van der Waals surface area contributed by atoms with E-state index < -0.39 is 15.6 Å². The average molecular weight is 425 g/mol. The molecule has 2 saturated heterocycles. The second-order valence-electron chi connectivity index (χ2n) is 8.40. The molecule has 1 aromatic rings. The number of carbonyl (C=O) groups excluding carboxylic acids is 1. The van der Waals surface area contributed by atoms with Crippen molar-refractivity contribution in [2.45, 2.75) is 50.8 Å². The van der Waals surface area contributed by atoms with Gasteiger partial charge >= 0.3 is 0 Å². The van der Waals surface area contributed by atoms with Gasteiger partial charge in [-0.25, -0.2) is 17.7 Å². The molecule has 3 aliphatic rings. The Balaban J connectivity index is 1.54. The van der Waals surface area contributed by atoms with Crippen LogP contribution in [0.2, 0.25) is 0 Å². The van der Waals surface area contributed by atoms with Gasteiger partial charge in [0.25, 0.3) is 5.91 Å². The number of piperidine rings is 1. The summed E-state index contributed by atoms with van der Waals surface area (Å²) in [5, 5.41) is 6.59. The van der Waals surface area contributed by atoms with Crippen LogP contribution in [0.1, 0.15) is 33.1 Å². The number of carbonyl (C=O) groups is 1. The summed E-state index contributed by atoms with van der Waals surface area (Å²) < 4.78 is 30.7. The van der Waals surface area contributed by atoms with Gasteiger partial charge in [-0.2, -0.15) is 4.98 Å². The lowest BCUT2D eigenvalue weighted by atomic mass is 10.0. The summed E-state index contributed by atoms with van der Waals surface area (Å²) in [5.74, 6) is 1.31. The number of ether oxygens (including phenoxy) is 1. The van der Waals surface area contributed by atoms with Crippen LogP contribution in [0.4, 0.5) is 11.8 Å². The molecular weight excluding hydrogens is 396 g/mol. The maximum Gasteiger partial charge on any atom is 0.272 e. The van der Waals surface area contributed by atoms with E-state index in [-0.39, 0.29) is 18.0 Å². The average Bonchev–Trinajstić information content (AvgIpc) is 3.17. The first-order valence-electron chi connectivity index (χ1n) is 9.97. The molecule has 0 radical (unpaired) electrons. The zero-order chi connectivity index (χ0) is 20.8. The predicted octanol–water partition coefficient (Wildman–Crippen LogP) is 0.178. The molecule has 1 aromatic heterocycles. The maximum absolute atomic E-state index is 13.1. The van der Waals surface area contributed by atoms with Gasteiger partial charge in [-0.1, -0.05) is 0 Å². The molecule has 2 N–H and O–H groups in total. The van der Waals surface area contributed by atoms with Crippen LogP contribution in [0.5, 0.6) is 5.75 Å². The fourth-order valence-corrected chi connectivity index (χ4v) is 4.97. The van der Waals surface area contributed by atoms with Gasteiger partial charge in [0.2, 0.25) is 16.0 Å². The molecule has 160 valence electrons. The summed E-state index contributed by atoms with van der Waals surface area (Å²) in [4.78, 5) is 23.8. The number of hydrogen-bond donors (Lipinski definition) is 2. The highest BCUT2D eigenvalue weighted by atomic mass is 32.2. The van der Waals surface area contributed by atoms with E-state index in [1.54, 1.807) is 24.9 Å². The van der Waals surface area contributed by atoms with Crippen LogP contribution in [-0.2, 0) is 14.8 Å². The number of amides is 1. The van der Waals surface area contributed by atoms with Crippen molar-refractivity contribution in [3.63, 3.8) is 0 Å². The van der Waals surface area contributed by atoms with Crippen LogP contribution >= 0.6 is 0 Å². The van der Waals surface area contributed by atoms with E-state index in [1.807, 2.05) is 0 Å². The third kappa shape index (κ3) is 4.03. The molecule has 0 aromatic carbocycles. The first kappa shape index (κ1) is 20.3. The molecule has 1 amide bonds. The van der Waals surface area contributed by atoms with E-state index in [9.17, 15) is 13.2 Å². The maximum atomic E-state index is 13.1. The molecular formula is C18H28N6O4S. The molecule has 10 nitrogen and oxygen atoms in total. The Morgan fingerprint density at radius 1 is 1.28 bits per heavy atom. The molecule has 4 heterocycles. The van der Waals surface area contributed by atoms with Gasteiger partial charge in [0.05, 0.1) is 18.5 Å². The second-order valence-corrected chi connectivity index (χ2v) is 10.4. The van der Waals surface area contributed by atoms with Gasteiger partial charge in [0.15, 0.2) is 17.2 Å². The van der Waals surface area contributed by atoms with Crippen LogP contribution in [0.15, 0.2) is 6.20 Å². The standard InChI is InChI=1S/C18H28N6O4S/c1-18(2)16(25)24(13-4-7-19-10-13)15-14(28-18)11-20-17(22-15)21-12-5-8-23(9-6-12)29(3,26)27/h11-13,19H,4-10H2,1-3H3,(H,20,21,22)/t13-/m0/s1. The Bertz CT molecular complexity index is 892. The lowest BCUT2D eigenvalue weighted by Crippen LogP contribution is -2.57. The number of nitrogens with zero attached hydrogens (tertiary/aromatic N) is 4. The predicted molar refractivity (Wildman–Crippen MR) is 109 cm³/mol. The highest BCUT2D eigenvalue weighted by Gasteiger charge is 2.45. The van der Waals surface area contributed by atoms with Gasteiger partial charge in [-0.3, -0.25) is 9.69 Å². The second kappa shape index (κ2) is 7.37. The van der Waals surface area contributed by atoms with E-state index in [0.29, 0.717) is 43.4 Å². The van der Waals surface area contributed by atoms with Crippen LogP contribution in [0.25, 0.3) is 0 Å². The Labute approximate surface area is 171 Å². The van der Waals surface area contributed by atoms with E-state index in [1.165, 1.54) is 10.6 Å². The van der Waals surface area contributed by atoms with Crippen molar-refractivity contribution < 1.29 is 17.9 Å². The van der Waals surface area contributed by atoms with E-state index in [2.05, 4.69) is 20.6 Å². The zero-order valence-electron chi connectivity index (χ0n) is 17.0. The summed E-state index contributed by atoms with van der Waals surface area (Å²) in [5.41, 5.74) is -0.966. The molecule has 3 aliphatic heterocycles. The van der Waals surface area contributed by atoms with Crippen LogP contribution in [0.3, 0.4) is 0 Å². The van der Waals surface area contributed by atoms with Crippen molar-refractivity contribution in [1.29, 1.82) is 0 Å². The van der Waals surface area contributed by atoms with Crippen molar-refractivity contribution in [1.82, 2.24) is 19.6 Å². The Kier molecular flexibility index (Phi) is 5.16. The highest BCUT2D eigenvalue weighted by molar-refractivity contribution is 7.88. The monoisotopic (exact) mass is 424 g/mol. The number of hydrogen-bond acceptors (Lipinski definition) is 8. The molecule has 0 spiro atoms. The van der Waals surface area contributed by atoms with Crippen molar-refractivity contribution >= 4 is 27.7 Å². The molecule has 0 saturated carbocycles. The van der Waals surface area contributed by atoms with Gasteiger partial charge in [0.1, 0.15) is 0 Å². The Morgan fingerprint density at radius 3 is 2.62 bits per heavy atom. The highest BCUT2D eigenvalue weighted by Crippen LogP contribution is 2.38. The molecule has 1 atom stereocenters. The van der Waals surface area contributed by atoms with Crippen molar-refractivity contribution in [3.05, 3.63) is 6.20 Å². The van der Waals surface area contributed by atoms with Crippen molar-refractivity contribution in [3.8, 4) is 5.75 Å². The fourth-order valence-electron chi connectivity index (χ4n) is 4.09. The van der Waals surface area contributed by atoms with Gasteiger partial charge in [-0.15, -0.1) is 0 Å². The smallest absolute Gasteiger partial charge is 0.272 e. The van der Waals surface area contributed by atoms with E-state index in [4.69, 9.17) is 4.74 Å². The Morgan fingerprint density at radius 2 is 2.00 bits per heavy atom. The molecule has 4 rings (SSSR count). The minimum absolute atomic E-state index is 0.0326. The molecule has 2 fully saturated rings. The Hall–Kier alpha value is -1.98. The molecule has 29 heavy (non-hydrogen) atoms. The zero-order valence-corrected chi connectivity index (χ0v) is 17.8. The number of fused-ring (bicyclic) bond motifs is 1. The van der Waals surface area contributed by atoms with Gasteiger partial charge in [0, 0.05) is 25.7 Å². The number of aromatic nitrogens is 2. The minimum Gasteiger partial charge on any atom is -0.472 e. The lowest BCUT2D eigenvalue weighted by Gasteiger charge is -2.40. The molecule has 11 heteroatoms. The summed E-state index contributed by atoms with van der Waals surface area (Å²) >= 11 is 0. The molecule has 0 aliphatic carbocycles. The topological polar surface area (TPSA) is 117 Å². The summed E-state index contributed by atoms with van der Waals surface area (Å²) in [6.45, 7) is 6.04. The summed E-state index contributed by atoms with van der Waals surface area (Å²) in [6, 6.07) is 0.106. The van der Waals surface area contributed by atoms with Crippen LogP contribution in [0, 0.1) is 0 Å².